The molecule has 1 aliphatic heterocycles. The van der Waals surface area contributed by atoms with Crippen LogP contribution in [0.4, 0.5) is 11.4 Å². The van der Waals surface area contributed by atoms with Crippen molar-refractivity contribution in [1.29, 1.82) is 0 Å². The van der Waals surface area contributed by atoms with Crippen LogP contribution >= 0.6 is 0 Å². The topological polar surface area (TPSA) is 93.2 Å². The van der Waals surface area contributed by atoms with E-state index in [2.05, 4.69) is 0 Å². The van der Waals surface area contributed by atoms with Gasteiger partial charge in [0.2, 0.25) is 0 Å². The van der Waals surface area contributed by atoms with Crippen LogP contribution in [0.25, 0.3) is 10.8 Å². The van der Waals surface area contributed by atoms with Gasteiger partial charge in [-0.2, -0.15) is 0 Å². The molecule has 41 heavy (non-hydrogen) atoms. The van der Waals surface area contributed by atoms with E-state index < -0.39 is 17.8 Å². The molecular weight excluding hydrogens is 520 g/mol. The van der Waals surface area contributed by atoms with Crippen LogP contribution in [0, 0.1) is 5.92 Å². The van der Waals surface area contributed by atoms with Gasteiger partial charge in [0.25, 0.3) is 11.8 Å². The van der Waals surface area contributed by atoms with Crippen LogP contribution in [0.5, 0.6) is 11.5 Å². The smallest absolute Gasteiger partial charge is 0.343 e. The molecule has 2 aliphatic rings. The van der Waals surface area contributed by atoms with Gasteiger partial charge in [-0.25, -0.2) is 9.69 Å². The van der Waals surface area contributed by atoms with E-state index in [0.29, 0.717) is 33.3 Å². The molecule has 0 atom stereocenters. The molecule has 0 unspecified atom stereocenters. The van der Waals surface area contributed by atoms with Gasteiger partial charge in [0, 0.05) is 30.7 Å². The first kappa shape index (κ1) is 26.3. The molecule has 4 aromatic carbocycles. The predicted molar refractivity (Wildman–Crippen MR) is 155 cm³/mol. The molecule has 0 spiro atoms. The lowest BCUT2D eigenvalue weighted by molar-refractivity contribution is -0.138. The first-order valence-electron chi connectivity index (χ1n) is 13.6. The highest BCUT2D eigenvalue weighted by atomic mass is 16.5. The number of benzene rings is 4. The van der Waals surface area contributed by atoms with Crippen molar-refractivity contribution in [3.63, 3.8) is 0 Å². The van der Waals surface area contributed by atoms with Crippen LogP contribution in [0.1, 0.15) is 56.8 Å². The summed E-state index contributed by atoms with van der Waals surface area (Å²) in [6.45, 7) is 0. The molecule has 1 saturated carbocycles. The van der Waals surface area contributed by atoms with E-state index in [0.717, 1.165) is 36.3 Å². The summed E-state index contributed by atoms with van der Waals surface area (Å²) in [4.78, 5) is 55.6. The van der Waals surface area contributed by atoms with Crippen molar-refractivity contribution in [2.24, 2.45) is 5.92 Å². The van der Waals surface area contributed by atoms with Crippen molar-refractivity contribution in [2.75, 3.05) is 23.9 Å². The SMILES string of the molecule is CN(C)c1ccc(C(=O)Oc2cc3c4c(cccc4c2)C(=O)N(c2ccc(OC(=O)C4CCCC4)cc2)C3=O)cc1. The molecule has 0 aromatic heterocycles. The van der Waals surface area contributed by atoms with E-state index in [1.54, 1.807) is 60.7 Å². The average Bonchev–Trinajstić information content (AvgIpc) is 3.52. The summed E-state index contributed by atoms with van der Waals surface area (Å²) in [5, 5.41) is 1.12. The lowest BCUT2D eigenvalue weighted by atomic mass is 9.93. The van der Waals surface area contributed by atoms with Crippen LogP contribution in [0.3, 0.4) is 0 Å². The van der Waals surface area contributed by atoms with E-state index in [4.69, 9.17) is 9.47 Å². The molecule has 206 valence electrons. The third-order valence-corrected chi connectivity index (χ3v) is 7.65. The summed E-state index contributed by atoms with van der Waals surface area (Å²) in [5.41, 5.74) is 2.27. The Morgan fingerprint density at radius 1 is 0.780 bits per heavy atom. The molecule has 1 fully saturated rings. The molecule has 4 aromatic rings. The molecule has 2 amide bonds. The Morgan fingerprint density at radius 2 is 1.46 bits per heavy atom. The van der Waals surface area contributed by atoms with Gasteiger partial charge < -0.3 is 14.4 Å². The maximum Gasteiger partial charge on any atom is 0.343 e. The monoisotopic (exact) mass is 548 g/mol. The van der Waals surface area contributed by atoms with Crippen molar-refractivity contribution in [3.8, 4) is 11.5 Å². The maximum atomic E-state index is 13.7. The molecule has 0 bridgehead atoms. The Kier molecular flexibility index (Phi) is 6.75. The van der Waals surface area contributed by atoms with Gasteiger partial charge in [-0.1, -0.05) is 25.0 Å². The summed E-state index contributed by atoms with van der Waals surface area (Å²) >= 11 is 0. The van der Waals surface area contributed by atoms with Crippen LogP contribution < -0.4 is 19.3 Å². The highest BCUT2D eigenvalue weighted by Crippen LogP contribution is 2.36. The largest absolute Gasteiger partial charge is 0.426 e. The number of carbonyl (C=O) groups is 4. The fourth-order valence-electron chi connectivity index (χ4n) is 5.46. The summed E-state index contributed by atoms with van der Waals surface area (Å²) in [7, 11) is 3.82. The number of amides is 2. The number of imide groups is 1. The maximum absolute atomic E-state index is 13.7. The fraction of sp³-hybridized carbons (Fsp3) is 0.212. The van der Waals surface area contributed by atoms with Gasteiger partial charge in [-0.3, -0.25) is 14.4 Å². The Morgan fingerprint density at radius 3 is 2.15 bits per heavy atom. The number of anilines is 2. The zero-order valence-corrected chi connectivity index (χ0v) is 22.8. The van der Waals surface area contributed by atoms with Gasteiger partial charge >= 0.3 is 11.9 Å². The summed E-state index contributed by atoms with van der Waals surface area (Å²) in [6, 6.07) is 21.7. The van der Waals surface area contributed by atoms with E-state index >= 15 is 0 Å². The van der Waals surface area contributed by atoms with Crippen LogP contribution in [-0.2, 0) is 4.79 Å². The standard InChI is InChI=1S/C33H28N2O6/c1-34(2)23-12-10-21(11-13-23)33(39)41-26-18-22-8-5-9-27-29(22)28(19-26)31(37)35(30(27)36)24-14-16-25(17-15-24)40-32(38)20-6-3-4-7-20/h5,8-20H,3-4,6-7H2,1-2H3. The van der Waals surface area contributed by atoms with Crippen molar-refractivity contribution in [3.05, 3.63) is 95.6 Å². The van der Waals surface area contributed by atoms with Crippen LogP contribution in [0.15, 0.2) is 78.9 Å². The zero-order valence-electron chi connectivity index (χ0n) is 22.8. The van der Waals surface area contributed by atoms with Gasteiger partial charge in [0.15, 0.2) is 0 Å². The number of esters is 2. The van der Waals surface area contributed by atoms with Crippen LogP contribution in [0.2, 0.25) is 0 Å². The fourth-order valence-corrected chi connectivity index (χ4v) is 5.46. The number of ether oxygens (including phenoxy) is 2. The third kappa shape index (κ3) is 4.93. The first-order valence-corrected chi connectivity index (χ1v) is 13.6. The minimum Gasteiger partial charge on any atom is -0.426 e. The second-order valence-corrected chi connectivity index (χ2v) is 10.5. The molecule has 0 N–H and O–H groups in total. The second-order valence-electron chi connectivity index (χ2n) is 10.5. The minimum absolute atomic E-state index is 0.0855. The molecule has 0 radical (unpaired) electrons. The van der Waals surface area contributed by atoms with Crippen LogP contribution in [-0.4, -0.2) is 37.8 Å². The summed E-state index contributed by atoms with van der Waals surface area (Å²) < 4.78 is 11.2. The highest BCUT2D eigenvalue weighted by Gasteiger charge is 2.35. The molecule has 1 aliphatic carbocycles. The van der Waals surface area contributed by atoms with Gasteiger partial charge in [0.05, 0.1) is 22.7 Å². The Labute approximate surface area is 237 Å². The molecule has 8 heteroatoms. The molecule has 8 nitrogen and oxygen atoms in total. The Bertz CT molecular complexity index is 1690. The van der Waals surface area contributed by atoms with Crippen molar-refractivity contribution in [1.82, 2.24) is 0 Å². The quantitative estimate of drug-likeness (QED) is 0.165. The molecule has 0 saturated heterocycles. The zero-order chi connectivity index (χ0) is 28.7. The van der Waals surface area contributed by atoms with E-state index in [9.17, 15) is 19.2 Å². The van der Waals surface area contributed by atoms with Gasteiger partial charge in [-0.05, 0) is 85.0 Å². The lowest BCUT2D eigenvalue weighted by Gasteiger charge is -2.27. The van der Waals surface area contributed by atoms with Crippen molar-refractivity contribution >= 4 is 45.9 Å². The van der Waals surface area contributed by atoms with Crippen molar-refractivity contribution < 1.29 is 28.7 Å². The molecule has 1 heterocycles. The highest BCUT2D eigenvalue weighted by molar-refractivity contribution is 6.36. The van der Waals surface area contributed by atoms with Crippen molar-refractivity contribution in [2.45, 2.75) is 25.7 Å². The number of carbonyl (C=O) groups excluding carboxylic acids is 4. The predicted octanol–water partition coefficient (Wildman–Crippen LogP) is 6.02. The van der Waals surface area contributed by atoms with E-state index in [1.807, 2.05) is 31.1 Å². The minimum atomic E-state index is -0.558. The normalized spacial score (nSPS) is 14.8. The lowest BCUT2D eigenvalue weighted by Crippen LogP contribution is -2.40. The summed E-state index contributed by atoms with van der Waals surface area (Å²) in [5.74, 6) is -1.34. The third-order valence-electron chi connectivity index (χ3n) is 7.65. The number of rotatable bonds is 6. The van der Waals surface area contributed by atoms with E-state index in [1.165, 1.54) is 6.07 Å². The number of hydrogen-bond acceptors (Lipinski definition) is 7. The molecule has 6 rings (SSSR count). The second kappa shape index (κ2) is 10.5. The number of hydrogen-bond donors (Lipinski definition) is 0. The van der Waals surface area contributed by atoms with E-state index in [-0.39, 0.29) is 23.2 Å². The number of nitrogens with zero attached hydrogens (tertiary/aromatic N) is 2. The first-order chi connectivity index (χ1) is 19.8. The van der Waals surface area contributed by atoms with Gasteiger partial charge in [-0.15, -0.1) is 0 Å². The molecular formula is C33H28N2O6. The Balaban J connectivity index is 1.28. The summed E-state index contributed by atoms with van der Waals surface area (Å²) in [6.07, 6.45) is 3.71. The Hall–Kier alpha value is -4.98. The van der Waals surface area contributed by atoms with Gasteiger partial charge in [0.1, 0.15) is 11.5 Å². The average molecular weight is 549 g/mol.